The molecule has 1 aromatic carbocycles. The van der Waals surface area contributed by atoms with Gasteiger partial charge in [0, 0.05) is 11.6 Å². The van der Waals surface area contributed by atoms with Crippen LogP contribution in [-0.2, 0) is 9.59 Å². The molecule has 0 spiro atoms. The minimum absolute atomic E-state index is 0.00688. The maximum Gasteiger partial charge on any atom is 0.310 e. The number of rotatable bonds is 7. The number of unbranched alkanes of at least 4 members (excludes halogenated alkanes) is 1. The molecule has 0 bridgehead atoms. The van der Waals surface area contributed by atoms with E-state index in [1.165, 1.54) is 0 Å². The van der Waals surface area contributed by atoms with Crippen molar-refractivity contribution in [2.75, 3.05) is 5.32 Å². The van der Waals surface area contributed by atoms with Crippen molar-refractivity contribution >= 4 is 17.6 Å². The van der Waals surface area contributed by atoms with Crippen molar-refractivity contribution in [1.82, 2.24) is 0 Å². The van der Waals surface area contributed by atoms with Gasteiger partial charge in [0.15, 0.2) is 0 Å². The number of amides is 1. The Kier molecular flexibility index (Phi) is 6.22. The summed E-state index contributed by atoms with van der Waals surface area (Å²) < 4.78 is 0. The molecule has 2 unspecified atom stereocenters. The molecule has 4 nitrogen and oxygen atoms in total. The van der Waals surface area contributed by atoms with Gasteiger partial charge >= 0.3 is 5.97 Å². The second-order valence-electron chi connectivity index (χ2n) is 5.21. The molecule has 0 aliphatic heterocycles. The molecule has 0 saturated heterocycles. The lowest BCUT2D eigenvalue weighted by molar-refractivity contribution is -0.138. The van der Waals surface area contributed by atoms with Gasteiger partial charge in [-0.15, -0.1) is 0 Å². The molecule has 0 aliphatic carbocycles. The number of carboxylic acids is 1. The molecule has 0 fully saturated rings. The van der Waals surface area contributed by atoms with Crippen LogP contribution in [0, 0.1) is 5.92 Å². The Morgan fingerprint density at radius 1 is 1.20 bits per heavy atom. The van der Waals surface area contributed by atoms with Crippen molar-refractivity contribution in [2.45, 2.75) is 46.0 Å². The van der Waals surface area contributed by atoms with Crippen LogP contribution in [0.5, 0.6) is 0 Å². The van der Waals surface area contributed by atoms with Crippen LogP contribution in [0.2, 0.25) is 0 Å². The summed E-state index contributed by atoms with van der Waals surface area (Å²) >= 11 is 0. The topological polar surface area (TPSA) is 66.4 Å². The standard InChI is InChI=1S/C16H23NO3/c1-4-5-6-11(2)15(18)17-14-9-7-13(8-10-14)12(3)16(19)20/h7-12H,4-6H2,1-3H3,(H,17,18)(H,19,20). The SMILES string of the molecule is CCCCC(C)C(=O)Nc1ccc(C(C)C(=O)O)cc1. The van der Waals surface area contributed by atoms with Gasteiger partial charge in [-0.1, -0.05) is 38.8 Å². The van der Waals surface area contributed by atoms with E-state index in [0.717, 1.165) is 24.8 Å². The Labute approximate surface area is 120 Å². The van der Waals surface area contributed by atoms with Crippen LogP contribution < -0.4 is 5.32 Å². The first-order chi connectivity index (χ1) is 9.45. The molecule has 0 saturated carbocycles. The molecule has 2 N–H and O–H groups in total. The van der Waals surface area contributed by atoms with Crippen molar-refractivity contribution in [3.05, 3.63) is 29.8 Å². The molecule has 0 heterocycles. The average molecular weight is 277 g/mol. The van der Waals surface area contributed by atoms with E-state index in [2.05, 4.69) is 12.2 Å². The first kappa shape index (κ1) is 16.2. The van der Waals surface area contributed by atoms with Gasteiger partial charge < -0.3 is 10.4 Å². The predicted molar refractivity (Wildman–Crippen MR) is 79.8 cm³/mol. The van der Waals surface area contributed by atoms with Crippen LogP contribution >= 0.6 is 0 Å². The van der Waals surface area contributed by atoms with Gasteiger partial charge in [-0.05, 0) is 31.0 Å². The summed E-state index contributed by atoms with van der Waals surface area (Å²) in [5, 5.41) is 11.8. The Morgan fingerprint density at radius 2 is 1.80 bits per heavy atom. The van der Waals surface area contributed by atoms with Gasteiger partial charge in [-0.25, -0.2) is 0 Å². The van der Waals surface area contributed by atoms with E-state index in [-0.39, 0.29) is 11.8 Å². The fourth-order valence-electron chi connectivity index (χ4n) is 1.90. The summed E-state index contributed by atoms with van der Waals surface area (Å²) in [5.74, 6) is -1.39. The second kappa shape index (κ2) is 7.68. The molecule has 0 radical (unpaired) electrons. The number of benzene rings is 1. The van der Waals surface area contributed by atoms with Crippen LogP contribution in [0.3, 0.4) is 0 Å². The average Bonchev–Trinajstić information content (AvgIpc) is 2.44. The van der Waals surface area contributed by atoms with E-state index in [0.29, 0.717) is 5.69 Å². The third-order valence-corrected chi connectivity index (χ3v) is 3.49. The van der Waals surface area contributed by atoms with Crippen LogP contribution in [0.1, 0.15) is 51.5 Å². The largest absolute Gasteiger partial charge is 0.481 e. The minimum atomic E-state index is -0.852. The van der Waals surface area contributed by atoms with Crippen LogP contribution in [0.15, 0.2) is 24.3 Å². The number of carboxylic acid groups (broad SMARTS) is 1. The van der Waals surface area contributed by atoms with Crippen LogP contribution in [-0.4, -0.2) is 17.0 Å². The fourth-order valence-corrected chi connectivity index (χ4v) is 1.90. The first-order valence-corrected chi connectivity index (χ1v) is 7.09. The number of hydrogen-bond donors (Lipinski definition) is 2. The minimum Gasteiger partial charge on any atom is -0.481 e. The molecule has 0 aliphatic rings. The van der Waals surface area contributed by atoms with Crippen LogP contribution in [0.25, 0.3) is 0 Å². The molecule has 0 aromatic heterocycles. The number of carbonyl (C=O) groups is 2. The third kappa shape index (κ3) is 4.68. The molecular formula is C16H23NO3. The third-order valence-electron chi connectivity index (χ3n) is 3.49. The maximum atomic E-state index is 11.9. The molecule has 4 heteroatoms. The highest BCUT2D eigenvalue weighted by Gasteiger charge is 2.15. The summed E-state index contributed by atoms with van der Waals surface area (Å²) in [4.78, 5) is 22.8. The lowest BCUT2D eigenvalue weighted by Crippen LogP contribution is -2.20. The number of hydrogen-bond acceptors (Lipinski definition) is 2. The Morgan fingerprint density at radius 3 is 2.30 bits per heavy atom. The zero-order chi connectivity index (χ0) is 15.1. The lowest BCUT2D eigenvalue weighted by Gasteiger charge is -2.12. The maximum absolute atomic E-state index is 11.9. The second-order valence-corrected chi connectivity index (χ2v) is 5.21. The van der Waals surface area contributed by atoms with E-state index in [4.69, 9.17) is 5.11 Å². The van der Waals surface area contributed by atoms with E-state index in [1.54, 1.807) is 31.2 Å². The number of carbonyl (C=O) groups excluding carboxylic acids is 1. The van der Waals surface area contributed by atoms with E-state index in [9.17, 15) is 9.59 Å². The normalized spacial score (nSPS) is 13.6. The monoisotopic (exact) mass is 277 g/mol. The van der Waals surface area contributed by atoms with Gasteiger partial charge in [0.25, 0.3) is 0 Å². The Balaban J connectivity index is 2.61. The highest BCUT2D eigenvalue weighted by molar-refractivity contribution is 5.92. The smallest absolute Gasteiger partial charge is 0.310 e. The summed E-state index contributed by atoms with van der Waals surface area (Å²) in [6.07, 6.45) is 3.01. The fraction of sp³-hybridized carbons (Fsp3) is 0.500. The molecule has 1 aromatic rings. The summed E-state index contributed by atoms with van der Waals surface area (Å²) in [6, 6.07) is 6.98. The summed E-state index contributed by atoms with van der Waals surface area (Å²) in [7, 11) is 0. The summed E-state index contributed by atoms with van der Waals surface area (Å²) in [6.45, 7) is 5.67. The molecule has 1 rings (SSSR count). The predicted octanol–water partition coefficient (Wildman–Crippen LogP) is 3.64. The highest BCUT2D eigenvalue weighted by atomic mass is 16.4. The molecule has 20 heavy (non-hydrogen) atoms. The van der Waals surface area contributed by atoms with Crippen molar-refractivity contribution < 1.29 is 14.7 Å². The van der Waals surface area contributed by atoms with Crippen molar-refractivity contribution in [1.29, 1.82) is 0 Å². The lowest BCUT2D eigenvalue weighted by atomic mass is 10.0. The number of anilines is 1. The van der Waals surface area contributed by atoms with Crippen molar-refractivity contribution in [3.63, 3.8) is 0 Å². The molecule has 1 amide bonds. The van der Waals surface area contributed by atoms with Gasteiger partial charge in [-0.3, -0.25) is 9.59 Å². The van der Waals surface area contributed by atoms with E-state index < -0.39 is 11.9 Å². The first-order valence-electron chi connectivity index (χ1n) is 7.09. The van der Waals surface area contributed by atoms with Gasteiger partial charge in [0.2, 0.25) is 5.91 Å². The van der Waals surface area contributed by atoms with Crippen molar-refractivity contribution in [3.8, 4) is 0 Å². The zero-order valence-corrected chi connectivity index (χ0v) is 12.3. The van der Waals surface area contributed by atoms with Crippen molar-refractivity contribution in [2.24, 2.45) is 5.92 Å². The Bertz CT molecular complexity index is 453. The quantitative estimate of drug-likeness (QED) is 0.799. The van der Waals surface area contributed by atoms with Gasteiger partial charge in [-0.2, -0.15) is 0 Å². The Hall–Kier alpha value is -1.84. The highest BCUT2D eigenvalue weighted by Crippen LogP contribution is 2.19. The molecule has 2 atom stereocenters. The molecular weight excluding hydrogens is 254 g/mol. The van der Waals surface area contributed by atoms with Crippen LogP contribution in [0.4, 0.5) is 5.69 Å². The van der Waals surface area contributed by atoms with Gasteiger partial charge in [0.1, 0.15) is 0 Å². The van der Waals surface area contributed by atoms with Gasteiger partial charge in [0.05, 0.1) is 5.92 Å². The summed E-state index contributed by atoms with van der Waals surface area (Å²) in [5.41, 5.74) is 1.44. The zero-order valence-electron chi connectivity index (χ0n) is 12.3. The molecule has 110 valence electrons. The van der Waals surface area contributed by atoms with E-state index in [1.807, 2.05) is 6.92 Å². The van der Waals surface area contributed by atoms with E-state index >= 15 is 0 Å². The number of nitrogens with one attached hydrogen (secondary N) is 1. The number of aliphatic carboxylic acids is 1.